The van der Waals surface area contributed by atoms with Crippen molar-refractivity contribution >= 4 is 11.6 Å². The number of ketones is 2. The molecule has 0 radical (unpaired) electrons. The zero-order valence-corrected chi connectivity index (χ0v) is 16.7. The van der Waals surface area contributed by atoms with E-state index in [-0.39, 0.29) is 18.0 Å². The fourth-order valence-electron chi connectivity index (χ4n) is 3.28. The quantitative estimate of drug-likeness (QED) is 0.492. The molecule has 3 heterocycles. The first-order valence-electron chi connectivity index (χ1n) is 9.96. The first-order chi connectivity index (χ1) is 14.2. The molecule has 0 atom stereocenters. The van der Waals surface area contributed by atoms with Crippen molar-refractivity contribution in [2.45, 2.75) is 45.4 Å². The average molecular weight is 387 g/mol. The van der Waals surface area contributed by atoms with Crippen LogP contribution in [0, 0.1) is 0 Å². The van der Waals surface area contributed by atoms with Crippen LogP contribution < -0.4 is 0 Å². The Balaban J connectivity index is 1.82. The van der Waals surface area contributed by atoms with Gasteiger partial charge < -0.3 is 0 Å². The zero-order chi connectivity index (χ0) is 20.5. The van der Waals surface area contributed by atoms with E-state index >= 15 is 0 Å². The second kappa shape index (κ2) is 10.4. The lowest BCUT2D eigenvalue weighted by Gasteiger charge is -2.11. The molecule has 0 aliphatic rings. The molecule has 0 bridgehead atoms. The van der Waals surface area contributed by atoms with Crippen LogP contribution in [0.25, 0.3) is 0 Å². The third-order valence-electron chi connectivity index (χ3n) is 4.75. The van der Waals surface area contributed by atoms with Crippen molar-refractivity contribution in [1.29, 1.82) is 0 Å². The van der Waals surface area contributed by atoms with Gasteiger partial charge in [0.2, 0.25) is 0 Å². The summed E-state index contributed by atoms with van der Waals surface area (Å²) < 4.78 is 0. The number of pyridine rings is 3. The standard InChI is InChI=1S/C24H25N3O2/c1-2-5-22(28)14-21-13-20(9-8-18-6-3-10-25-15-18)23(17-27-21)24(29)12-19-7-4-11-26-16-19/h3-4,6-7,10-11,13,15-17H,2,5,8-9,12,14H2,1H3. The second-order valence-electron chi connectivity index (χ2n) is 7.12. The molecule has 0 fully saturated rings. The van der Waals surface area contributed by atoms with Gasteiger partial charge in [0.25, 0.3) is 0 Å². The van der Waals surface area contributed by atoms with E-state index in [4.69, 9.17) is 0 Å². The third kappa shape index (κ3) is 6.14. The van der Waals surface area contributed by atoms with Crippen molar-refractivity contribution in [3.05, 3.63) is 89.3 Å². The number of rotatable bonds is 10. The van der Waals surface area contributed by atoms with Gasteiger partial charge in [-0.15, -0.1) is 0 Å². The highest BCUT2D eigenvalue weighted by atomic mass is 16.1. The maximum Gasteiger partial charge on any atom is 0.169 e. The molecule has 29 heavy (non-hydrogen) atoms. The van der Waals surface area contributed by atoms with Crippen LogP contribution in [0.5, 0.6) is 0 Å². The number of aromatic nitrogens is 3. The minimum atomic E-state index is 0.0121. The summed E-state index contributed by atoms with van der Waals surface area (Å²) in [6.45, 7) is 1.99. The molecule has 3 aromatic rings. The summed E-state index contributed by atoms with van der Waals surface area (Å²) in [6, 6.07) is 9.57. The average Bonchev–Trinajstić information content (AvgIpc) is 2.74. The Labute approximate surface area is 171 Å². The maximum atomic E-state index is 12.9. The molecule has 0 saturated carbocycles. The van der Waals surface area contributed by atoms with Crippen molar-refractivity contribution in [3.63, 3.8) is 0 Å². The van der Waals surface area contributed by atoms with Gasteiger partial charge in [0.1, 0.15) is 5.78 Å². The van der Waals surface area contributed by atoms with E-state index in [1.165, 1.54) is 0 Å². The molecule has 0 aliphatic heterocycles. The van der Waals surface area contributed by atoms with E-state index in [9.17, 15) is 9.59 Å². The van der Waals surface area contributed by atoms with E-state index < -0.39 is 0 Å². The van der Waals surface area contributed by atoms with Gasteiger partial charge in [-0.3, -0.25) is 24.5 Å². The van der Waals surface area contributed by atoms with Gasteiger partial charge in [-0.25, -0.2) is 0 Å². The van der Waals surface area contributed by atoms with Crippen LogP contribution in [0.1, 0.15) is 52.5 Å². The molecule has 0 spiro atoms. The van der Waals surface area contributed by atoms with Crippen molar-refractivity contribution in [3.8, 4) is 0 Å². The number of carbonyl (C=O) groups excluding carboxylic acids is 2. The number of carbonyl (C=O) groups is 2. The van der Waals surface area contributed by atoms with Gasteiger partial charge in [-0.05, 0) is 54.2 Å². The Hall–Kier alpha value is -3.21. The summed E-state index contributed by atoms with van der Waals surface area (Å²) in [7, 11) is 0. The topological polar surface area (TPSA) is 72.8 Å². The van der Waals surface area contributed by atoms with Crippen LogP contribution in [0.3, 0.4) is 0 Å². The molecule has 0 N–H and O–H groups in total. The van der Waals surface area contributed by atoms with E-state index in [2.05, 4.69) is 15.0 Å². The highest BCUT2D eigenvalue weighted by Crippen LogP contribution is 2.17. The molecule has 3 rings (SSSR count). The molecule has 0 aromatic carbocycles. The predicted octanol–water partition coefficient (Wildman–Crippen LogP) is 3.99. The number of nitrogens with zero attached hydrogens (tertiary/aromatic N) is 3. The van der Waals surface area contributed by atoms with Crippen molar-refractivity contribution in [1.82, 2.24) is 15.0 Å². The number of Topliss-reactive ketones (excluding diaryl/α,β-unsaturated/α-hetero) is 2. The monoisotopic (exact) mass is 387 g/mol. The van der Waals surface area contributed by atoms with Crippen LogP contribution in [0.4, 0.5) is 0 Å². The van der Waals surface area contributed by atoms with Gasteiger partial charge >= 0.3 is 0 Å². The van der Waals surface area contributed by atoms with E-state index in [0.29, 0.717) is 24.8 Å². The number of hydrogen-bond acceptors (Lipinski definition) is 5. The Kier molecular flexibility index (Phi) is 7.34. The van der Waals surface area contributed by atoms with Crippen LogP contribution in [0.15, 0.2) is 61.3 Å². The number of aryl methyl sites for hydroxylation is 2. The first kappa shape index (κ1) is 20.5. The van der Waals surface area contributed by atoms with Crippen LogP contribution in [-0.2, 0) is 30.5 Å². The lowest BCUT2D eigenvalue weighted by atomic mass is 9.95. The lowest BCUT2D eigenvalue weighted by Crippen LogP contribution is -2.12. The van der Waals surface area contributed by atoms with Gasteiger partial charge in [-0.2, -0.15) is 0 Å². The lowest BCUT2D eigenvalue weighted by molar-refractivity contribution is -0.118. The van der Waals surface area contributed by atoms with Crippen LogP contribution in [-0.4, -0.2) is 26.5 Å². The molecule has 0 saturated heterocycles. The van der Waals surface area contributed by atoms with Crippen molar-refractivity contribution < 1.29 is 9.59 Å². The molecular weight excluding hydrogens is 362 g/mol. The Morgan fingerprint density at radius 3 is 2.28 bits per heavy atom. The smallest absolute Gasteiger partial charge is 0.169 e. The molecule has 0 aliphatic carbocycles. The van der Waals surface area contributed by atoms with Crippen LogP contribution >= 0.6 is 0 Å². The van der Waals surface area contributed by atoms with Crippen molar-refractivity contribution in [2.75, 3.05) is 0 Å². The molecule has 3 aromatic heterocycles. The molecule has 0 amide bonds. The minimum absolute atomic E-state index is 0.0121. The fourth-order valence-corrected chi connectivity index (χ4v) is 3.28. The Morgan fingerprint density at radius 1 is 0.897 bits per heavy atom. The zero-order valence-electron chi connectivity index (χ0n) is 16.7. The van der Waals surface area contributed by atoms with Gasteiger partial charge in [-0.1, -0.05) is 19.1 Å². The summed E-state index contributed by atoms with van der Waals surface area (Å²) in [4.78, 5) is 37.6. The Morgan fingerprint density at radius 2 is 1.62 bits per heavy atom. The van der Waals surface area contributed by atoms with E-state index in [0.717, 1.165) is 35.2 Å². The second-order valence-corrected chi connectivity index (χ2v) is 7.12. The van der Waals surface area contributed by atoms with Crippen LogP contribution in [0.2, 0.25) is 0 Å². The van der Waals surface area contributed by atoms with E-state index in [1.54, 1.807) is 24.8 Å². The Bertz CT molecular complexity index is 956. The summed E-state index contributed by atoms with van der Waals surface area (Å²) in [5, 5.41) is 0. The molecule has 148 valence electrons. The predicted molar refractivity (Wildman–Crippen MR) is 112 cm³/mol. The van der Waals surface area contributed by atoms with Gasteiger partial charge in [0, 0.05) is 61.5 Å². The first-order valence-corrected chi connectivity index (χ1v) is 9.96. The fraction of sp³-hybridized carbons (Fsp3) is 0.292. The third-order valence-corrected chi connectivity index (χ3v) is 4.75. The molecular formula is C24H25N3O2. The summed E-state index contributed by atoms with van der Waals surface area (Å²) in [5.41, 5.74) is 4.25. The van der Waals surface area contributed by atoms with Gasteiger partial charge in [0.05, 0.1) is 0 Å². The summed E-state index contributed by atoms with van der Waals surface area (Å²) in [6.07, 6.45) is 12.0. The normalized spacial score (nSPS) is 10.7. The highest BCUT2D eigenvalue weighted by Gasteiger charge is 2.15. The molecule has 5 nitrogen and oxygen atoms in total. The maximum absolute atomic E-state index is 12.9. The number of hydrogen-bond donors (Lipinski definition) is 0. The SMILES string of the molecule is CCCC(=O)Cc1cc(CCc2cccnc2)c(C(=O)Cc2cccnc2)cn1. The summed E-state index contributed by atoms with van der Waals surface area (Å²) in [5.74, 6) is 0.186. The largest absolute Gasteiger partial charge is 0.299 e. The van der Waals surface area contributed by atoms with Gasteiger partial charge in [0.15, 0.2) is 5.78 Å². The van der Waals surface area contributed by atoms with Crippen molar-refractivity contribution in [2.24, 2.45) is 0 Å². The molecule has 5 heteroatoms. The minimum Gasteiger partial charge on any atom is -0.299 e. The summed E-state index contributed by atoms with van der Waals surface area (Å²) >= 11 is 0. The highest BCUT2D eigenvalue weighted by molar-refractivity contribution is 5.98. The molecule has 0 unspecified atom stereocenters. The van der Waals surface area contributed by atoms with E-state index in [1.807, 2.05) is 43.5 Å².